The van der Waals surface area contributed by atoms with Gasteiger partial charge < -0.3 is 14.3 Å². The fourth-order valence-electron chi connectivity index (χ4n) is 3.67. The molecule has 0 bridgehead atoms. The molecule has 0 saturated heterocycles. The summed E-state index contributed by atoms with van der Waals surface area (Å²) >= 11 is 0. The van der Waals surface area contributed by atoms with Gasteiger partial charge in [0.15, 0.2) is 23.1 Å². The molecule has 2 fully saturated rings. The van der Waals surface area contributed by atoms with E-state index in [0.717, 1.165) is 18.4 Å². The highest BCUT2D eigenvalue weighted by Crippen LogP contribution is 2.36. The van der Waals surface area contributed by atoms with Gasteiger partial charge >= 0.3 is 0 Å². The fourth-order valence-corrected chi connectivity index (χ4v) is 3.67. The number of Topliss-reactive ketones (excluding diaryl/α,β-unsaturated/α-hetero) is 2. The largest absolute Gasteiger partial charge is 0.493 e. The Labute approximate surface area is 139 Å². The van der Waals surface area contributed by atoms with Gasteiger partial charge in [0.1, 0.15) is 11.6 Å². The molecule has 0 spiro atoms. The minimum atomic E-state index is -0.756. The summed E-state index contributed by atoms with van der Waals surface area (Å²) in [5, 5.41) is 4.00. The molecule has 4 rings (SSSR count). The van der Waals surface area contributed by atoms with Crippen LogP contribution in [-0.4, -0.2) is 36.6 Å². The quantitative estimate of drug-likeness (QED) is 0.792. The maximum absolute atomic E-state index is 12.1. The first-order valence-electron chi connectivity index (χ1n) is 8.31. The number of carbonyl (C=O) groups excluding carboxylic acids is 2. The lowest BCUT2D eigenvalue weighted by Gasteiger charge is -2.17. The van der Waals surface area contributed by atoms with Crippen LogP contribution in [0.3, 0.4) is 0 Å². The van der Waals surface area contributed by atoms with Crippen molar-refractivity contribution < 1.29 is 23.9 Å². The van der Waals surface area contributed by atoms with E-state index >= 15 is 0 Å². The van der Waals surface area contributed by atoms with E-state index in [-0.39, 0.29) is 24.1 Å². The van der Waals surface area contributed by atoms with Crippen LogP contribution in [0.25, 0.3) is 0 Å². The molecule has 126 valence electrons. The number of benzene rings is 1. The molecule has 2 saturated carbocycles. The van der Waals surface area contributed by atoms with E-state index in [4.69, 9.17) is 14.3 Å². The fraction of sp³-hybridized carbons (Fsp3) is 0.500. The van der Waals surface area contributed by atoms with Gasteiger partial charge in [-0.15, -0.1) is 0 Å². The summed E-state index contributed by atoms with van der Waals surface area (Å²) in [6, 6.07) is 5.45. The summed E-state index contributed by atoms with van der Waals surface area (Å²) in [6.07, 6.45) is 3.79. The van der Waals surface area contributed by atoms with Crippen molar-refractivity contribution in [2.75, 3.05) is 7.11 Å². The average Bonchev–Trinajstić information content (AvgIpc) is 3.28. The molecule has 2 unspecified atom stereocenters. The molecule has 1 heterocycles. The van der Waals surface area contributed by atoms with Crippen molar-refractivity contribution in [3.63, 3.8) is 0 Å². The van der Waals surface area contributed by atoms with Crippen LogP contribution < -0.4 is 9.47 Å². The summed E-state index contributed by atoms with van der Waals surface area (Å²) in [7, 11) is 1.60. The number of nitrogens with zero attached hydrogens (tertiary/aromatic N) is 1. The molecule has 6 nitrogen and oxygen atoms in total. The van der Waals surface area contributed by atoms with Gasteiger partial charge in [-0.05, 0) is 43.9 Å². The molecule has 0 N–H and O–H groups in total. The monoisotopic (exact) mass is 329 g/mol. The summed E-state index contributed by atoms with van der Waals surface area (Å²) in [5.74, 6) is 0.376. The maximum Gasteiger partial charge on any atom is 0.201 e. The molecule has 0 radical (unpaired) electrons. The van der Waals surface area contributed by atoms with Gasteiger partial charge in [-0.2, -0.15) is 0 Å². The zero-order valence-electron chi connectivity index (χ0n) is 13.5. The second-order valence-corrected chi connectivity index (χ2v) is 6.48. The highest BCUT2D eigenvalue weighted by atomic mass is 16.6. The van der Waals surface area contributed by atoms with Crippen LogP contribution in [0.2, 0.25) is 0 Å². The van der Waals surface area contributed by atoms with Gasteiger partial charge in [-0.3, -0.25) is 9.59 Å². The molecule has 2 atom stereocenters. The topological polar surface area (TPSA) is 74.2 Å². The van der Waals surface area contributed by atoms with E-state index < -0.39 is 12.0 Å². The molecule has 1 aromatic carbocycles. The minimum Gasteiger partial charge on any atom is -0.493 e. The number of carbonyl (C=O) groups is 2. The van der Waals surface area contributed by atoms with Gasteiger partial charge in [0.25, 0.3) is 0 Å². The standard InChI is InChI=1S/C18H19NO5/c1-22-14-7-6-10(8-15(14)23-11-4-2-3-5-11)17-16-12(20)9-13(21)18(16)24-19-17/h6-8,11,16,18H,2-5,9H2,1H3. The predicted octanol–water partition coefficient (Wildman–Crippen LogP) is 2.28. The highest BCUT2D eigenvalue weighted by Gasteiger charge is 2.50. The number of hydrogen-bond donors (Lipinski definition) is 0. The van der Waals surface area contributed by atoms with E-state index in [2.05, 4.69) is 5.16 Å². The second-order valence-electron chi connectivity index (χ2n) is 6.48. The first kappa shape index (κ1) is 15.2. The predicted molar refractivity (Wildman–Crippen MR) is 85.4 cm³/mol. The number of ether oxygens (including phenoxy) is 2. The van der Waals surface area contributed by atoms with Crippen molar-refractivity contribution in [3.8, 4) is 11.5 Å². The van der Waals surface area contributed by atoms with Crippen LogP contribution in [0.15, 0.2) is 23.4 Å². The number of methoxy groups -OCH3 is 1. The van der Waals surface area contributed by atoms with Crippen LogP contribution in [0.5, 0.6) is 11.5 Å². The molecule has 1 aliphatic heterocycles. The molecule has 6 heteroatoms. The summed E-state index contributed by atoms with van der Waals surface area (Å²) < 4.78 is 11.5. The smallest absolute Gasteiger partial charge is 0.201 e. The van der Waals surface area contributed by atoms with Crippen LogP contribution in [0.1, 0.15) is 37.7 Å². The van der Waals surface area contributed by atoms with Crippen molar-refractivity contribution in [2.45, 2.75) is 44.3 Å². The van der Waals surface area contributed by atoms with Crippen LogP contribution in [0.4, 0.5) is 0 Å². The van der Waals surface area contributed by atoms with Crippen molar-refractivity contribution in [2.24, 2.45) is 11.1 Å². The Morgan fingerprint density at radius 1 is 1.12 bits per heavy atom. The van der Waals surface area contributed by atoms with Gasteiger partial charge in [-0.25, -0.2) is 0 Å². The zero-order valence-corrected chi connectivity index (χ0v) is 13.5. The number of rotatable bonds is 4. The van der Waals surface area contributed by atoms with E-state index in [1.54, 1.807) is 13.2 Å². The third kappa shape index (κ3) is 2.46. The van der Waals surface area contributed by atoms with Crippen LogP contribution in [0, 0.1) is 5.92 Å². The highest BCUT2D eigenvalue weighted by molar-refractivity contribution is 6.25. The Bertz CT molecular complexity index is 720. The van der Waals surface area contributed by atoms with Crippen LogP contribution >= 0.6 is 0 Å². The van der Waals surface area contributed by atoms with Crippen LogP contribution in [-0.2, 0) is 14.4 Å². The maximum atomic E-state index is 12.1. The summed E-state index contributed by atoms with van der Waals surface area (Å²) in [5.41, 5.74) is 1.24. The molecule has 2 aliphatic carbocycles. The van der Waals surface area contributed by atoms with Crippen molar-refractivity contribution in [1.29, 1.82) is 0 Å². The van der Waals surface area contributed by atoms with Crippen molar-refractivity contribution in [3.05, 3.63) is 23.8 Å². The number of oxime groups is 1. The Kier molecular flexibility index (Phi) is 3.75. The minimum absolute atomic E-state index is 0.0735. The third-order valence-corrected chi connectivity index (χ3v) is 4.93. The summed E-state index contributed by atoms with van der Waals surface area (Å²) in [6.45, 7) is 0. The van der Waals surface area contributed by atoms with E-state index in [9.17, 15) is 9.59 Å². The molecule has 24 heavy (non-hydrogen) atoms. The second kappa shape index (κ2) is 5.92. The Hall–Kier alpha value is -2.37. The van der Waals surface area contributed by atoms with Gasteiger partial charge in [0.05, 0.1) is 19.6 Å². The zero-order chi connectivity index (χ0) is 16.7. The molecule has 3 aliphatic rings. The third-order valence-electron chi connectivity index (χ3n) is 4.93. The average molecular weight is 329 g/mol. The SMILES string of the molecule is COc1ccc(C2=NOC3C(=O)CC(=O)C23)cc1OC1CCCC1. The molecule has 1 aromatic rings. The number of fused-ring (bicyclic) bond motifs is 1. The van der Waals surface area contributed by atoms with Gasteiger partial charge in [-0.1, -0.05) is 5.16 Å². The first-order chi connectivity index (χ1) is 11.7. The Morgan fingerprint density at radius 3 is 2.67 bits per heavy atom. The molecule has 0 aromatic heterocycles. The lowest BCUT2D eigenvalue weighted by atomic mass is 9.93. The summed E-state index contributed by atoms with van der Waals surface area (Å²) in [4.78, 5) is 29.1. The lowest BCUT2D eigenvalue weighted by molar-refractivity contribution is -0.127. The van der Waals surface area contributed by atoms with E-state index in [1.165, 1.54) is 12.8 Å². The lowest BCUT2D eigenvalue weighted by Crippen LogP contribution is -2.26. The van der Waals surface area contributed by atoms with Gasteiger partial charge in [0, 0.05) is 5.56 Å². The molecular formula is C18H19NO5. The molecule has 0 amide bonds. The van der Waals surface area contributed by atoms with E-state index in [0.29, 0.717) is 17.2 Å². The Balaban J connectivity index is 1.64. The van der Waals surface area contributed by atoms with Crippen molar-refractivity contribution >= 4 is 17.3 Å². The Morgan fingerprint density at radius 2 is 1.92 bits per heavy atom. The van der Waals surface area contributed by atoms with E-state index in [1.807, 2.05) is 12.1 Å². The van der Waals surface area contributed by atoms with Gasteiger partial charge in [0.2, 0.25) is 6.10 Å². The number of ketones is 2. The van der Waals surface area contributed by atoms with Crippen molar-refractivity contribution in [1.82, 2.24) is 0 Å². The molecular weight excluding hydrogens is 310 g/mol. The number of hydrogen-bond acceptors (Lipinski definition) is 6. The normalized spacial score (nSPS) is 26.3. The first-order valence-corrected chi connectivity index (χ1v) is 8.31.